The Hall–Kier alpha value is -4.69. The number of allylic oxidation sites excluding steroid dienone is 1. The zero-order valence-corrected chi connectivity index (χ0v) is 20.8. The summed E-state index contributed by atoms with van der Waals surface area (Å²) in [6, 6.07) is 18.2. The van der Waals surface area contributed by atoms with Crippen molar-refractivity contribution >= 4 is 40.3 Å². The van der Waals surface area contributed by atoms with Crippen LogP contribution in [-0.2, 0) is 9.53 Å². The van der Waals surface area contributed by atoms with E-state index in [1.807, 2.05) is 30.3 Å². The van der Waals surface area contributed by atoms with Crippen molar-refractivity contribution in [3.05, 3.63) is 95.6 Å². The molecule has 6 rings (SSSR count). The molecule has 0 radical (unpaired) electrons. The lowest BCUT2D eigenvalue weighted by atomic mass is 9.99. The first-order valence-electron chi connectivity index (χ1n) is 12.4. The lowest BCUT2D eigenvalue weighted by Gasteiger charge is -2.27. The molecule has 2 aliphatic heterocycles. The monoisotopic (exact) mass is 504 g/mol. The molecule has 0 aliphatic carbocycles. The number of carbonyl (C=O) groups excluding carboxylic acids is 3. The lowest BCUT2D eigenvalue weighted by Crippen LogP contribution is -2.40. The SMILES string of the molecule is CC(=O)N1/C(=C/c2cc(-c3cccnc3)c3cc(C(=O)N4CCOCC4)ccc3n2)C(=O)c2ccccc21. The van der Waals surface area contributed by atoms with Crippen LogP contribution in [0, 0.1) is 0 Å². The zero-order chi connectivity index (χ0) is 26.2. The fourth-order valence-electron chi connectivity index (χ4n) is 5.00. The molecule has 8 heteroatoms. The molecule has 38 heavy (non-hydrogen) atoms. The summed E-state index contributed by atoms with van der Waals surface area (Å²) in [6.07, 6.45) is 5.10. The molecule has 8 nitrogen and oxygen atoms in total. The number of aromatic nitrogens is 2. The Morgan fingerprint density at radius 1 is 0.974 bits per heavy atom. The molecule has 1 fully saturated rings. The van der Waals surface area contributed by atoms with Crippen LogP contribution in [0.4, 0.5) is 5.69 Å². The van der Waals surface area contributed by atoms with Crippen molar-refractivity contribution < 1.29 is 19.1 Å². The molecule has 0 saturated carbocycles. The van der Waals surface area contributed by atoms with Crippen molar-refractivity contribution in [2.75, 3.05) is 31.2 Å². The topological polar surface area (TPSA) is 92.7 Å². The number of ketones is 1. The number of pyridine rings is 2. The molecule has 1 saturated heterocycles. The number of Topliss-reactive ketones (excluding diaryl/α,β-unsaturated/α-hetero) is 1. The molecule has 0 bridgehead atoms. The number of anilines is 1. The zero-order valence-electron chi connectivity index (χ0n) is 20.8. The third-order valence-electron chi connectivity index (χ3n) is 6.81. The molecule has 4 aromatic rings. The van der Waals surface area contributed by atoms with Gasteiger partial charge in [0.15, 0.2) is 0 Å². The summed E-state index contributed by atoms with van der Waals surface area (Å²) in [6.45, 7) is 3.60. The van der Waals surface area contributed by atoms with Gasteiger partial charge in [-0.05, 0) is 54.1 Å². The molecule has 2 amide bonds. The van der Waals surface area contributed by atoms with Gasteiger partial charge in [-0.2, -0.15) is 0 Å². The van der Waals surface area contributed by atoms with Gasteiger partial charge in [0, 0.05) is 54.5 Å². The number of hydrogen-bond donors (Lipinski definition) is 0. The van der Waals surface area contributed by atoms with Gasteiger partial charge in [0.05, 0.1) is 35.8 Å². The maximum Gasteiger partial charge on any atom is 0.254 e. The standard InChI is InChI=1S/C30H24N4O4/c1-19(35)34-27-7-3-2-6-23(27)29(36)28(34)17-22-16-24(21-5-4-10-31-18-21)25-15-20(8-9-26(25)32-22)30(37)33-11-13-38-14-12-33/h2-10,15-18H,11-14H2,1H3/b28-17+. The van der Waals surface area contributed by atoms with Crippen molar-refractivity contribution in [1.29, 1.82) is 0 Å². The number of amides is 2. The van der Waals surface area contributed by atoms with Crippen LogP contribution in [0.2, 0.25) is 0 Å². The third-order valence-corrected chi connectivity index (χ3v) is 6.81. The van der Waals surface area contributed by atoms with E-state index in [1.54, 1.807) is 53.7 Å². The molecule has 0 N–H and O–H groups in total. The average molecular weight is 505 g/mol. The highest BCUT2D eigenvalue weighted by Gasteiger charge is 2.34. The molecule has 4 heterocycles. The van der Waals surface area contributed by atoms with Crippen molar-refractivity contribution in [2.24, 2.45) is 0 Å². The number of nitrogens with zero attached hydrogens (tertiary/aromatic N) is 4. The first-order valence-corrected chi connectivity index (χ1v) is 12.4. The number of carbonyl (C=O) groups is 3. The molecule has 0 atom stereocenters. The maximum atomic E-state index is 13.3. The van der Waals surface area contributed by atoms with E-state index in [9.17, 15) is 14.4 Å². The first kappa shape index (κ1) is 23.7. The number of fused-ring (bicyclic) bond motifs is 2. The maximum absolute atomic E-state index is 13.3. The predicted molar refractivity (Wildman–Crippen MR) is 144 cm³/mol. The molecular formula is C30H24N4O4. The van der Waals surface area contributed by atoms with Gasteiger partial charge in [-0.1, -0.05) is 18.2 Å². The molecule has 0 spiro atoms. The van der Waals surface area contributed by atoms with Gasteiger partial charge in [-0.3, -0.25) is 24.3 Å². The summed E-state index contributed by atoms with van der Waals surface area (Å²) in [5, 5.41) is 0.795. The van der Waals surface area contributed by atoms with Crippen LogP contribution in [0.1, 0.15) is 33.3 Å². The van der Waals surface area contributed by atoms with Gasteiger partial charge in [-0.15, -0.1) is 0 Å². The highest BCUT2D eigenvalue weighted by Crippen LogP contribution is 2.36. The van der Waals surface area contributed by atoms with Crippen LogP contribution in [0.3, 0.4) is 0 Å². The van der Waals surface area contributed by atoms with Crippen LogP contribution >= 0.6 is 0 Å². The minimum absolute atomic E-state index is 0.0510. The van der Waals surface area contributed by atoms with Gasteiger partial charge in [0.2, 0.25) is 11.7 Å². The molecular weight excluding hydrogens is 480 g/mol. The van der Waals surface area contributed by atoms with Crippen LogP contribution in [0.5, 0.6) is 0 Å². The van der Waals surface area contributed by atoms with Gasteiger partial charge < -0.3 is 9.64 Å². The van der Waals surface area contributed by atoms with Crippen LogP contribution in [0.25, 0.3) is 28.1 Å². The molecule has 2 aliphatic rings. The quantitative estimate of drug-likeness (QED) is 0.385. The van der Waals surface area contributed by atoms with E-state index in [-0.39, 0.29) is 23.3 Å². The highest BCUT2D eigenvalue weighted by atomic mass is 16.5. The molecule has 188 valence electrons. The van der Waals surface area contributed by atoms with Crippen molar-refractivity contribution in [1.82, 2.24) is 14.9 Å². The second-order valence-electron chi connectivity index (χ2n) is 9.20. The van der Waals surface area contributed by atoms with E-state index in [1.165, 1.54) is 11.8 Å². The Balaban J connectivity index is 1.49. The normalized spacial score (nSPS) is 16.2. The average Bonchev–Trinajstić information content (AvgIpc) is 3.24. The third kappa shape index (κ3) is 4.14. The van der Waals surface area contributed by atoms with E-state index < -0.39 is 0 Å². The minimum Gasteiger partial charge on any atom is -0.378 e. The number of benzene rings is 2. The predicted octanol–water partition coefficient (Wildman–Crippen LogP) is 4.36. The van der Waals surface area contributed by atoms with Crippen LogP contribution < -0.4 is 4.90 Å². The largest absolute Gasteiger partial charge is 0.378 e. The fraction of sp³-hybridized carbons (Fsp3) is 0.167. The summed E-state index contributed by atoms with van der Waals surface area (Å²) >= 11 is 0. The Labute approximate surface area is 219 Å². The van der Waals surface area contributed by atoms with Gasteiger partial charge in [-0.25, -0.2) is 4.98 Å². The number of ether oxygens (including phenoxy) is 1. The Bertz CT molecular complexity index is 1620. The van der Waals surface area contributed by atoms with Crippen molar-refractivity contribution in [2.45, 2.75) is 6.92 Å². The Kier molecular flexibility index (Phi) is 6.01. The molecule has 0 unspecified atom stereocenters. The number of hydrogen-bond acceptors (Lipinski definition) is 6. The minimum atomic E-state index is -0.255. The number of rotatable bonds is 3. The second kappa shape index (κ2) is 9.64. The van der Waals surface area contributed by atoms with E-state index >= 15 is 0 Å². The second-order valence-corrected chi connectivity index (χ2v) is 9.20. The van der Waals surface area contributed by atoms with Gasteiger partial charge in [0.1, 0.15) is 0 Å². The Morgan fingerprint density at radius 2 is 1.79 bits per heavy atom. The number of para-hydroxylation sites is 1. The number of morpholine rings is 1. The van der Waals surface area contributed by atoms with E-state index in [2.05, 4.69) is 4.98 Å². The summed E-state index contributed by atoms with van der Waals surface area (Å²) in [5.74, 6) is -0.536. The van der Waals surface area contributed by atoms with E-state index in [0.29, 0.717) is 54.3 Å². The molecule has 2 aromatic carbocycles. The van der Waals surface area contributed by atoms with Crippen molar-refractivity contribution in [3.63, 3.8) is 0 Å². The van der Waals surface area contributed by atoms with Crippen LogP contribution in [0.15, 0.2) is 78.8 Å². The van der Waals surface area contributed by atoms with Gasteiger partial charge in [0.25, 0.3) is 5.91 Å². The first-order chi connectivity index (χ1) is 18.5. The lowest BCUT2D eigenvalue weighted by molar-refractivity contribution is -0.116. The van der Waals surface area contributed by atoms with Crippen LogP contribution in [-0.4, -0.2) is 58.8 Å². The fourth-order valence-corrected chi connectivity index (χ4v) is 5.00. The highest BCUT2D eigenvalue weighted by molar-refractivity contribution is 6.26. The summed E-state index contributed by atoms with van der Waals surface area (Å²) in [5.41, 5.74) is 4.72. The Morgan fingerprint density at radius 3 is 2.55 bits per heavy atom. The van der Waals surface area contributed by atoms with Gasteiger partial charge >= 0.3 is 0 Å². The van der Waals surface area contributed by atoms with E-state index in [0.717, 1.165) is 16.5 Å². The van der Waals surface area contributed by atoms with E-state index in [4.69, 9.17) is 9.72 Å². The molecule has 2 aromatic heterocycles. The summed E-state index contributed by atoms with van der Waals surface area (Å²) in [4.78, 5) is 51.3. The van der Waals surface area contributed by atoms with Crippen molar-refractivity contribution in [3.8, 4) is 11.1 Å². The summed E-state index contributed by atoms with van der Waals surface area (Å²) in [7, 11) is 0. The smallest absolute Gasteiger partial charge is 0.254 e. The summed E-state index contributed by atoms with van der Waals surface area (Å²) < 4.78 is 5.39.